The number of fused-ring (bicyclic) bond motifs is 14. The van der Waals surface area contributed by atoms with Crippen LogP contribution in [0.5, 0.6) is 0 Å². The number of ether oxygens (including phenoxy) is 1. The summed E-state index contributed by atoms with van der Waals surface area (Å²) < 4.78 is 5.57. The van der Waals surface area contributed by atoms with Crippen molar-refractivity contribution in [3.63, 3.8) is 0 Å². The Morgan fingerprint density at radius 2 is 1.52 bits per heavy atom. The van der Waals surface area contributed by atoms with E-state index < -0.39 is 47.8 Å². The van der Waals surface area contributed by atoms with E-state index in [4.69, 9.17) is 40.4 Å². The summed E-state index contributed by atoms with van der Waals surface area (Å²) >= 11 is 7.49. The van der Waals surface area contributed by atoms with Gasteiger partial charge in [-0.25, -0.2) is 34.9 Å². The van der Waals surface area contributed by atoms with Crippen LogP contribution in [0.1, 0.15) is 121 Å². The number of carboxylic acid groups (broad SMARTS) is 1. The molecule has 0 unspecified atom stereocenters. The second-order valence-electron chi connectivity index (χ2n) is 19.5. The molecule has 1 aliphatic rings. The molecule has 22 nitrogen and oxygen atoms in total. The average molecular weight is 1240 g/mol. The van der Waals surface area contributed by atoms with Crippen LogP contribution in [-0.2, 0) is 30.5 Å². The summed E-state index contributed by atoms with van der Waals surface area (Å²) in [4.78, 5) is 116. The minimum atomic E-state index is -1.22. The van der Waals surface area contributed by atoms with E-state index in [1.807, 2.05) is 19.9 Å². The van der Waals surface area contributed by atoms with Gasteiger partial charge in [0.15, 0.2) is 5.78 Å². The molecule has 28 heteroatoms. The highest BCUT2D eigenvalue weighted by Crippen LogP contribution is 2.41. The highest BCUT2D eigenvalue weighted by Gasteiger charge is 2.33. The maximum Gasteiger partial charge on any atom is 0.303 e. The molecule has 0 aliphatic carbocycles. The summed E-state index contributed by atoms with van der Waals surface area (Å²) in [5.74, 6) is -4.17. The number of amides is 4. The molecule has 0 fully saturated rings. The normalized spacial score (nSPS) is 16.8. The number of hydrogen-bond donors (Lipinski definition) is 8. The molecule has 4 amide bonds. The van der Waals surface area contributed by atoms with Gasteiger partial charge in [0.1, 0.15) is 77.2 Å². The van der Waals surface area contributed by atoms with Gasteiger partial charge in [0.25, 0.3) is 5.91 Å². The summed E-state index contributed by atoms with van der Waals surface area (Å²) in [7, 11) is 3.05. The van der Waals surface area contributed by atoms with Crippen molar-refractivity contribution >= 4 is 115 Å². The van der Waals surface area contributed by atoms with Gasteiger partial charge in [-0.2, -0.15) is 0 Å². The van der Waals surface area contributed by atoms with E-state index in [1.54, 1.807) is 72.0 Å². The maximum absolute atomic E-state index is 14.4. The number of thiazole rings is 6. The van der Waals surface area contributed by atoms with E-state index in [0.717, 1.165) is 4.88 Å². The zero-order valence-corrected chi connectivity index (χ0v) is 50.3. The van der Waals surface area contributed by atoms with Crippen LogP contribution >= 0.6 is 68.0 Å². The average Bonchev–Trinajstić information content (AvgIpc) is 4.44. The number of pyridine rings is 1. The van der Waals surface area contributed by atoms with Crippen molar-refractivity contribution in [1.29, 1.82) is 0 Å². The lowest BCUT2D eigenvalue weighted by molar-refractivity contribution is -0.137. The Hall–Kier alpha value is -7.41. The van der Waals surface area contributed by atoms with Crippen molar-refractivity contribution in [3.8, 4) is 43.4 Å². The van der Waals surface area contributed by atoms with Gasteiger partial charge in [-0.15, -0.1) is 68.0 Å². The molecule has 0 saturated heterocycles. The second kappa shape index (κ2) is 26.9. The van der Waals surface area contributed by atoms with Crippen molar-refractivity contribution in [2.24, 2.45) is 17.6 Å². The Balaban J connectivity index is 1.12. The third-order valence-electron chi connectivity index (χ3n) is 13.3. The van der Waals surface area contributed by atoms with Gasteiger partial charge in [-0.1, -0.05) is 50.8 Å². The quantitative estimate of drug-likeness (QED) is 0.0506. The summed E-state index contributed by atoms with van der Waals surface area (Å²) in [6, 6.07) is 10.5. The van der Waals surface area contributed by atoms with E-state index in [0.29, 0.717) is 80.2 Å². The molecule has 8 heterocycles. The third kappa shape index (κ3) is 14.2. The molecule has 432 valence electrons. The summed E-state index contributed by atoms with van der Waals surface area (Å²) in [5.41, 5.74) is 9.58. The van der Waals surface area contributed by atoms with E-state index in [1.165, 1.54) is 75.1 Å². The number of methoxy groups -OCH3 is 1. The number of ketones is 1. The first kappa shape index (κ1) is 60.2. The fourth-order valence-electron chi connectivity index (χ4n) is 8.86. The van der Waals surface area contributed by atoms with Crippen molar-refractivity contribution < 1.29 is 43.7 Å². The fourth-order valence-corrected chi connectivity index (χ4v) is 14.5. The largest absolute Gasteiger partial charge is 0.481 e. The molecule has 0 spiro atoms. The van der Waals surface area contributed by atoms with Gasteiger partial charge in [-0.05, 0) is 37.0 Å². The van der Waals surface area contributed by atoms with Crippen LogP contribution < -0.4 is 32.3 Å². The van der Waals surface area contributed by atoms with Crippen molar-refractivity contribution in [2.45, 2.75) is 77.2 Å². The Bertz CT molecular complexity index is 3700. The molecule has 5 atom stereocenters. The minimum Gasteiger partial charge on any atom is -0.481 e. The predicted molar refractivity (Wildman–Crippen MR) is 321 cm³/mol. The van der Waals surface area contributed by atoms with Crippen LogP contribution in [0, 0.1) is 18.8 Å². The minimum absolute atomic E-state index is 0.0385. The topological polar surface area (TPSA) is 329 Å². The molecular formula is C55H57N13O9S6. The number of carbonyl (C=O) groups excluding carboxylic acids is 5. The number of nitrogens with two attached hydrogens (primary N) is 1. The number of Topliss-reactive ketones (excluding diaryl/α,β-unsaturated/α-hetero) is 1. The number of nitrogens with one attached hydrogen (secondary N) is 5. The number of carbonyl (C=O) groups is 6. The van der Waals surface area contributed by atoms with Gasteiger partial charge in [0, 0.05) is 71.4 Å². The van der Waals surface area contributed by atoms with Crippen LogP contribution in [0.4, 0.5) is 5.82 Å². The van der Waals surface area contributed by atoms with Crippen LogP contribution in [0.3, 0.4) is 0 Å². The smallest absolute Gasteiger partial charge is 0.303 e. The SMILES string of the molecule is C=C1NCC(=O)N[C@@H]([C@@H](O)c2ccccc2)c2nc(cs2)-c2nc(cs2)-c2nc(-c3nc(NC(=O)[C@H](CN)CCC(=O)O)cs3)ccc2-c2nc(cs2)C(=O)N[C@@H](CC(=O)NC)c2nc(c(C)s2)C(=O)C[C@H](C(C)C)c2nc1c(COC)s2. The second-order valence-corrected chi connectivity index (χ2v) is 25.3. The molecule has 9 N–H and O–H groups in total. The molecule has 0 radical (unpaired) electrons. The van der Waals surface area contributed by atoms with E-state index in [2.05, 4.69) is 38.1 Å². The predicted octanol–water partition coefficient (Wildman–Crippen LogP) is 8.41. The van der Waals surface area contributed by atoms with Crippen LogP contribution in [0.25, 0.3) is 49.1 Å². The highest BCUT2D eigenvalue weighted by molar-refractivity contribution is 7.15. The molecule has 7 aromatic heterocycles. The Labute approximate surface area is 500 Å². The molecule has 10 bridgehead atoms. The third-order valence-corrected chi connectivity index (χ3v) is 19.1. The number of aromatic nitrogens is 7. The number of aliphatic hydroxyl groups excluding tert-OH is 1. The van der Waals surface area contributed by atoms with Crippen molar-refractivity contribution in [2.75, 3.05) is 32.6 Å². The monoisotopic (exact) mass is 1240 g/mol. The van der Waals surface area contributed by atoms with Gasteiger partial charge in [0.2, 0.25) is 17.7 Å². The molecule has 83 heavy (non-hydrogen) atoms. The number of hydrogen-bond acceptors (Lipinski definition) is 23. The number of benzene rings is 1. The highest BCUT2D eigenvalue weighted by atomic mass is 32.1. The zero-order chi connectivity index (χ0) is 59.1. The van der Waals surface area contributed by atoms with E-state index in [-0.39, 0.29) is 86.1 Å². The first-order valence-corrected chi connectivity index (χ1v) is 31.1. The Morgan fingerprint density at radius 3 is 2.25 bits per heavy atom. The van der Waals surface area contributed by atoms with Gasteiger partial charge < -0.3 is 47.3 Å². The van der Waals surface area contributed by atoms with Crippen LogP contribution in [0.15, 0.2) is 70.6 Å². The summed E-state index contributed by atoms with van der Waals surface area (Å²) in [5, 5.41) is 45.1. The number of carboxylic acids is 1. The van der Waals surface area contributed by atoms with Crippen molar-refractivity contribution in [3.05, 3.63) is 118 Å². The number of rotatable bonds is 14. The van der Waals surface area contributed by atoms with Gasteiger partial charge in [0.05, 0.1) is 52.8 Å². The zero-order valence-electron chi connectivity index (χ0n) is 45.4. The molecule has 0 saturated carbocycles. The molecule has 1 aliphatic heterocycles. The Morgan fingerprint density at radius 1 is 0.807 bits per heavy atom. The Kier molecular flexibility index (Phi) is 19.5. The maximum atomic E-state index is 14.4. The lowest BCUT2D eigenvalue weighted by atomic mass is 9.90. The first-order valence-electron chi connectivity index (χ1n) is 25.9. The van der Waals surface area contributed by atoms with E-state index >= 15 is 0 Å². The van der Waals surface area contributed by atoms with Crippen LogP contribution in [-0.4, -0.2) is 108 Å². The standard InChI is InChI=1S/C55H57N13O9S6/c1-25(2)31-16-37(69)44-27(4)82-54(68-44)33(17-40(70)57-5)60-49(76)35-22-78-50(62-35)30-13-14-32(52-65-39(24-81-52)64-48(75)29(18-56)12-15-42(72)73)59-45(30)34-21-79-53(61-34)36-23-80-55(63-36)46(47(74)28-10-8-7-9-11-28)66-41(71)19-58-26(3)43-38(20-77-6)83-51(31)67-43/h7-11,13-14,21-25,29,31,33,46-47,58,74H,3,12,15-20,56H2,1-2,4-6H3,(H,57,70)(H,60,76)(H,64,75)(H,66,71)(H,72,73)/t29-,31+,33-,46-,47-/m0/s1. The van der Waals surface area contributed by atoms with E-state index in [9.17, 15) is 39.0 Å². The number of anilines is 1. The molecule has 8 aromatic rings. The van der Waals surface area contributed by atoms with Gasteiger partial charge >= 0.3 is 5.97 Å². The van der Waals surface area contributed by atoms with Crippen LogP contribution in [0.2, 0.25) is 0 Å². The fraction of sp³-hybridized carbons (Fsp3) is 0.327. The molecular weight excluding hydrogens is 1180 g/mol. The number of aliphatic carboxylic acids is 1. The number of nitrogens with zero attached hydrogens (tertiary/aromatic N) is 7. The number of aryl methyl sites for hydroxylation is 1. The molecule has 9 rings (SSSR count). The lowest BCUT2D eigenvalue weighted by Gasteiger charge is -2.23. The van der Waals surface area contributed by atoms with Crippen molar-refractivity contribution in [1.82, 2.24) is 56.2 Å². The first-order chi connectivity index (χ1) is 39.9. The number of aliphatic hydroxyl groups is 1. The van der Waals surface area contributed by atoms with Gasteiger partial charge in [-0.3, -0.25) is 28.8 Å². The lowest BCUT2D eigenvalue weighted by Crippen LogP contribution is -2.38. The molecule has 1 aromatic carbocycles. The summed E-state index contributed by atoms with van der Waals surface area (Å²) in [6.45, 7) is 9.89. The summed E-state index contributed by atoms with van der Waals surface area (Å²) in [6.07, 6.45) is -1.54.